The Kier molecular flexibility index (Phi) is 6.24. The van der Waals surface area contributed by atoms with Crippen LogP contribution in [0.25, 0.3) is 33.2 Å². The van der Waals surface area contributed by atoms with Crippen molar-refractivity contribution in [2.24, 2.45) is 5.41 Å². The summed E-state index contributed by atoms with van der Waals surface area (Å²) >= 11 is 1.63. The van der Waals surface area contributed by atoms with Crippen LogP contribution in [0.3, 0.4) is 0 Å². The summed E-state index contributed by atoms with van der Waals surface area (Å²) in [6.07, 6.45) is 0. The van der Waals surface area contributed by atoms with Gasteiger partial charge in [0.05, 0.1) is 30.2 Å². The van der Waals surface area contributed by atoms with E-state index in [2.05, 4.69) is 4.98 Å². The van der Waals surface area contributed by atoms with Crippen LogP contribution < -0.4 is 14.2 Å². The smallest absolute Gasteiger partial charge is 0.316 e. The molecule has 0 unspecified atom stereocenters. The number of ether oxygens (including phenoxy) is 3. The minimum Gasteiger partial charge on any atom is -0.493 e. The van der Waals surface area contributed by atoms with Crippen LogP contribution in [0, 0.1) is 5.41 Å². The standard InChI is InChI=1S/C26H26N2O4S/c1-26(2,3)25(29)32-23-18(30-4)14-17(15-19(23)31-5)24-27-21(16-10-7-6-8-11-16)22(28-24)20-12-9-13-33-20/h6-15H,1-5H3,(H,27,28). The fourth-order valence-corrected chi connectivity index (χ4v) is 4.00. The second kappa shape index (κ2) is 9.11. The van der Waals surface area contributed by atoms with Crippen molar-refractivity contribution in [3.05, 3.63) is 60.0 Å². The average Bonchev–Trinajstić information content (AvgIpc) is 3.49. The van der Waals surface area contributed by atoms with E-state index in [1.165, 1.54) is 14.2 Å². The molecule has 4 rings (SSSR count). The first-order valence-electron chi connectivity index (χ1n) is 10.5. The normalized spacial score (nSPS) is 11.3. The number of rotatable bonds is 6. The van der Waals surface area contributed by atoms with Crippen LogP contribution >= 0.6 is 11.3 Å². The summed E-state index contributed by atoms with van der Waals surface area (Å²) in [6, 6.07) is 17.7. The van der Waals surface area contributed by atoms with E-state index in [9.17, 15) is 4.79 Å². The highest BCUT2D eigenvalue weighted by molar-refractivity contribution is 7.13. The van der Waals surface area contributed by atoms with E-state index in [4.69, 9.17) is 19.2 Å². The fraction of sp³-hybridized carbons (Fsp3) is 0.231. The molecule has 6 nitrogen and oxygen atoms in total. The van der Waals surface area contributed by atoms with Crippen molar-refractivity contribution in [1.29, 1.82) is 0 Å². The first kappa shape index (κ1) is 22.6. The third kappa shape index (κ3) is 4.64. The Morgan fingerprint density at radius 3 is 2.15 bits per heavy atom. The second-order valence-electron chi connectivity index (χ2n) is 8.50. The molecule has 0 spiro atoms. The number of nitrogens with one attached hydrogen (secondary N) is 1. The monoisotopic (exact) mass is 462 g/mol. The maximum absolute atomic E-state index is 12.5. The molecule has 0 bridgehead atoms. The lowest BCUT2D eigenvalue weighted by molar-refractivity contribution is -0.143. The van der Waals surface area contributed by atoms with Crippen LogP contribution in [0.4, 0.5) is 0 Å². The molecule has 0 aliphatic heterocycles. The van der Waals surface area contributed by atoms with Gasteiger partial charge in [0, 0.05) is 11.1 Å². The van der Waals surface area contributed by atoms with Crippen LogP contribution in [-0.4, -0.2) is 30.2 Å². The SMILES string of the molecule is COc1cc(-c2nc(-c3cccs3)c(-c3ccccc3)[nH]2)cc(OC)c1OC(=O)C(C)(C)C. The molecule has 170 valence electrons. The maximum atomic E-state index is 12.5. The van der Waals surface area contributed by atoms with Crippen molar-refractivity contribution in [1.82, 2.24) is 9.97 Å². The van der Waals surface area contributed by atoms with Crippen LogP contribution in [0.1, 0.15) is 20.8 Å². The van der Waals surface area contributed by atoms with Gasteiger partial charge in [-0.15, -0.1) is 11.3 Å². The van der Waals surface area contributed by atoms with Gasteiger partial charge in [0.2, 0.25) is 5.75 Å². The van der Waals surface area contributed by atoms with Crippen LogP contribution in [0.15, 0.2) is 60.0 Å². The molecule has 4 aromatic rings. The van der Waals surface area contributed by atoms with E-state index in [1.54, 1.807) is 44.2 Å². The van der Waals surface area contributed by atoms with Crippen molar-refractivity contribution < 1.29 is 19.0 Å². The van der Waals surface area contributed by atoms with E-state index < -0.39 is 5.41 Å². The highest BCUT2D eigenvalue weighted by Crippen LogP contribution is 2.43. The number of imidazole rings is 1. The number of methoxy groups -OCH3 is 2. The summed E-state index contributed by atoms with van der Waals surface area (Å²) < 4.78 is 16.8. The second-order valence-corrected chi connectivity index (χ2v) is 9.45. The van der Waals surface area contributed by atoms with Crippen molar-refractivity contribution in [3.63, 3.8) is 0 Å². The Bertz CT molecular complexity index is 1230. The van der Waals surface area contributed by atoms with Crippen molar-refractivity contribution in [2.75, 3.05) is 14.2 Å². The Morgan fingerprint density at radius 1 is 0.939 bits per heavy atom. The van der Waals surface area contributed by atoms with E-state index in [0.717, 1.165) is 27.4 Å². The number of aromatic amines is 1. The van der Waals surface area contributed by atoms with Crippen molar-refractivity contribution in [3.8, 4) is 50.5 Å². The Labute approximate surface area is 197 Å². The number of thiophene rings is 1. The molecule has 0 amide bonds. The van der Waals surface area contributed by atoms with Gasteiger partial charge in [0.25, 0.3) is 0 Å². The number of carbonyl (C=O) groups excluding carboxylic acids is 1. The number of esters is 1. The van der Waals surface area contributed by atoms with E-state index >= 15 is 0 Å². The maximum Gasteiger partial charge on any atom is 0.316 e. The van der Waals surface area contributed by atoms with Gasteiger partial charge >= 0.3 is 5.97 Å². The lowest BCUT2D eigenvalue weighted by atomic mass is 9.97. The summed E-state index contributed by atoms with van der Waals surface area (Å²) in [4.78, 5) is 22.0. The van der Waals surface area contributed by atoms with Gasteiger partial charge in [-0.1, -0.05) is 36.4 Å². The Balaban J connectivity index is 1.83. The van der Waals surface area contributed by atoms with Gasteiger partial charge in [-0.3, -0.25) is 4.79 Å². The average molecular weight is 463 g/mol. The zero-order valence-electron chi connectivity index (χ0n) is 19.3. The van der Waals surface area contributed by atoms with Gasteiger partial charge in [-0.25, -0.2) is 4.98 Å². The molecule has 0 atom stereocenters. The molecule has 2 aromatic carbocycles. The molecule has 7 heteroatoms. The third-order valence-corrected chi connectivity index (χ3v) is 5.94. The van der Waals surface area contributed by atoms with Gasteiger partial charge < -0.3 is 19.2 Å². The first-order valence-corrected chi connectivity index (χ1v) is 11.4. The molecule has 2 heterocycles. The van der Waals surface area contributed by atoms with Crippen LogP contribution in [0.2, 0.25) is 0 Å². The number of hydrogen-bond acceptors (Lipinski definition) is 6. The zero-order valence-corrected chi connectivity index (χ0v) is 20.1. The topological polar surface area (TPSA) is 73.4 Å². The fourth-order valence-electron chi connectivity index (χ4n) is 3.28. The van der Waals surface area contributed by atoms with Gasteiger partial charge in [0.1, 0.15) is 11.5 Å². The highest BCUT2D eigenvalue weighted by atomic mass is 32.1. The summed E-state index contributed by atoms with van der Waals surface area (Å²) in [5, 5.41) is 2.03. The molecule has 0 radical (unpaired) electrons. The third-order valence-electron chi connectivity index (χ3n) is 5.06. The molecule has 0 fully saturated rings. The summed E-state index contributed by atoms with van der Waals surface area (Å²) in [5.41, 5.74) is 2.91. The quantitative estimate of drug-likeness (QED) is 0.264. The van der Waals surface area contributed by atoms with Crippen LogP contribution in [-0.2, 0) is 4.79 Å². The molecule has 2 aromatic heterocycles. The largest absolute Gasteiger partial charge is 0.493 e. The van der Waals surface area contributed by atoms with Crippen LogP contribution in [0.5, 0.6) is 17.2 Å². The number of carbonyl (C=O) groups is 1. The lowest BCUT2D eigenvalue weighted by Gasteiger charge is -2.19. The summed E-state index contributed by atoms with van der Waals surface area (Å²) in [6.45, 7) is 5.38. The number of nitrogens with zero attached hydrogens (tertiary/aromatic N) is 1. The zero-order chi connectivity index (χ0) is 23.6. The number of H-pyrrole nitrogens is 1. The molecular weight excluding hydrogens is 436 g/mol. The molecular formula is C26H26N2O4S. The molecule has 33 heavy (non-hydrogen) atoms. The predicted molar refractivity (Wildman–Crippen MR) is 131 cm³/mol. The van der Waals surface area contributed by atoms with E-state index in [-0.39, 0.29) is 11.7 Å². The van der Waals surface area contributed by atoms with Crippen molar-refractivity contribution in [2.45, 2.75) is 20.8 Å². The molecule has 0 saturated heterocycles. The highest BCUT2D eigenvalue weighted by Gasteiger charge is 2.28. The van der Waals surface area contributed by atoms with Gasteiger partial charge in [-0.2, -0.15) is 0 Å². The van der Waals surface area contributed by atoms with Crippen molar-refractivity contribution >= 4 is 17.3 Å². The molecule has 0 aliphatic rings. The minimum atomic E-state index is -0.671. The minimum absolute atomic E-state index is 0.247. The lowest BCUT2D eigenvalue weighted by Crippen LogP contribution is -2.26. The van der Waals surface area contributed by atoms with Gasteiger partial charge in [0.15, 0.2) is 11.5 Å². The Morgan fingerprint density at radius 2 is 1.61 bits per heavy atom. The molecule has 0 saturated carbocycles. The Hall–Kier alpha value is -3.58. The summed E-state index contributed by atoms with van der Waals surface area (Å²) in [7, 11) is 3.06. The first-order chi connectivity index (χ1) is 15.8. The van der Waals surface area contributed by atoms with E-state index in [0.29, 0.717) is 17.3 Å². The molecule has 1 N–H and O–H groups in total. The van der Waals surface area contributed by atoms with Gasteiger partial charge in [-0.05, 0) is 44.4 Å². The molecule has 0 aliphatic carbocycles. The van der Waals surface area contributed by atoms with E-state index in [1.807, 2.05) is 47.8 Å². The number of benzene rings is 2. The number of hydrogen-bond donors (Lipinski definition) is 1. The summed E-state index contributed by atoms with van der Waals surface area (Å²) in [5.74, 6) is 1.30. The number of aromatic nitrogens is 2. The predicted octanol–water partition coefficient (Wildman–Crippen LogP) is 6.44.